The van der Waals surface area contributed by atoms with Gasteiger partial charge in [0.2, 0.25) is 11.5 Å². The summed E-state index contributed by atoms with van der Waals surface area (Å²) in [7, 11) is 1.65. The zero-order chi connectivity index (χ0) is 22.0. The fraction of sp³-hybridized carbons (Fsp3) is 0.130. The standard InChI is InChI=1S/C23H19N3O3S2/c1-25(13-16-12-20(27)24-18-10-6-5-9-17(16)18)21(28)14-26-22(29)19(31-23(26)30)11-15-7-3-2-4-8-15/h2-12H,13-14H2,1H3,(H,24,27). The van der Waals surface area contributed by atoms with Gasteiger partial charge in [0.1, 0.15) is 10.9 Å². The topological polar surface area (TPSA) is 73.5 Å². The van der Waals surface area contributed by atoms with Crippen LogP contribution in [-0.4, -0.2) is 44.5 Å². The number of amides is 2. The maximum absolute atomic E-state index is 12.8. The third-order valence-corrected chi connectivity index (χ3v) is 6.31. The monoisotopic (exact) mass is 449 g/mol. The zero-order valence-electron chi connectivity index (χ0n) is 16.7. The average molecular weight is 450 g/mol. The highest BCUT2D eigenvalue weighted by Crippen LogP contribution is 2.32. The maximum atomic E-state index is 12.8. The van der Waals surface area contributed by atoms with Crippen molar-refractivity contribution in [1.29, 1.82) is 0 Å². The molecule has 0 aliphatic carbocycles. The van der Waals surface area contributed by atoms with Crippen LogP contribution in [0.1, 0.15) is 11.1 Å². The van der Waals surface area contributed by atoms with Gasteiger partial charge in [-0.1, -0.05) is 72.5 Å². The van der Waals surface area contributed by atoms with Crippen molar-refractivity contribution in [1.82, 2.24) is 14.8 Å². The van der Waals surface area contributed by atoms with Crippen molar-refractivity contribution in [3.05, 3.63) is 87.0 Å². The minimum Gasteiger partial charge on any atom is -0.340 e. The van der Waals surface area contributed by atoms with Crippen LogP contribution in [0.25, 0.3) is 17.0 Å². The number of aromatic nitrogens is 1. The summed E-state index contributed by atoms with van der Waals surface area (Å²) in [6.07, 6.45) is 1.77. The lowest BCUT2D eigenvalue weighted by atomic mass is 10.1. The molecule has 1 fully saturated rings. The second kappa shape index (κ2) is 8.87. The summed E-state index contributed by atoms with van der Waals surface area (Å²) in [4.78, 5) is 43.7. The molecule has 6 nitrogen and oxygen atoms in total. The van der Waals surface area contributed by atoms with Gasteiger partial charge >= 0.3 is 0 Å². The molecule has 31 heavy (non-hydrogen) atoms. The van der Waals surface area contributed by atoms with Crippen LogP contribution in [-0.2, 0) is 16.1 Å². The molecule has 0 unspecified atom stereocenters. The molecule has 0 radical (unpaired) electrons. The van der Waals surface area contributed by atoms with E-state index in [0.717, 1.165) is 16.5 Å². The van der Waals surface area contributed by atoms with Gasteiger partial charge in [-0.25, -0.2) is 0 Å². The summed E-state index contributed by atoms with van der Waals surface area (Å²) < 4.78 is 0.357. The molecule has 0 saturated carbocycles. The number of aromatic amines is 1. The van der Waals surface area contributed by atoms with Crippen molar-refractivity contribution in [2.75, 3.05) is 13.6 Å². The molecule has 2 amide bonds. The predicted octanol–water partition coefficient (Wildman–Crippen LogP) is 3.39. The number of hydrogen-bond donors (Lipinski definition) is 1. The van der Waals surface area contributed by atoms with Gasteiger partial charge < -0.3 is 9.88 Å². The Kier molecular flexibility index (Phi) is 6.01. The SMILES string of the molecule is CN(Cc1cc(=O)[nH]c2ccccc12)C(=O)CN1C(=O)C(=Cc2ccccc2)SC1=S. The summed E-state index contributed by atoms with van der Waals surface area (Å²) in [6, 6.07) is 18.4. The minimum absolute atomic E-state index is 0.144. The lowest BCUT2D eigenvalue weighted by molar-refractivity contribution is -0.134. The molecule has 1 aliphatic rings. The van der Waals surface area contributed by atoms with Gasteiger partial charge in [0.25, 0.3) is 5.91 Å². The Labute approximate surface area is 188 Å². The van der Waals surface area contributed by atoms with E-state index in [1.54, 1.807) is 13.1 Å². The fourth-order valence-corrected chi connectivity index (χ4v) is 4.60. The van der Waals surface area contributed by atoms with Crippen molar-refractivity contribution in [2.24, 2.45) is 0 Å². The van der Waals surface area contributed by atoms with Crippen LogP contribution >= 0.6 is 24.0 Å². The Morgan fingerprint density at radius 1 is 1.13 bits per heavy atom. The van der Waals surface area contributed by atoms with Gasteiger partial charge in [0.15, 0.2) is 0 Å². The van der Waals surface area contributed by atoms with Gasteiger partial charge in [0, 0.05) is 30.6 Å². The van der Waals surface area contributed by atoms with Gasteiger partial charge in [-0.15, -0.1) is 0 Å². The zero-order valence-corrected chi connectivity index (χ0v) is 18.3. The Bertz CT molecular complexity index is 1270. The van der Waals surface area contributed by atoms with Crippen molar-refractivity contribution in [3.8, 4) is 0 Å². The van der Waals surface area contributed by atoms with Crippen LogP contribution in [0.4, 0.5) is 0 Å². The van der Waals surface area contributed by atoms with E-state index in [1.165, 1.54) is 27.6 Å². The van der Waals surface area contributed by atoms with Crippen molar-refractivity contribution in [3.63, 3.8) is 0 Å². The maximum Gasteiger partial charge on any atom is 0.266 e. The summed E-state index contributed by atoms with van der Waals surface area (Å²) in [6.45, 7) is 0.104. The molecule has 1 aliphatic heterocycles. The first kappa shape index (κ1) is 21.0. The number of carbonyl (C=O) groups is 2. The summed E-state index contributed by atoms with van der Waals surface area (Å²) >= 11 is 6.53. The van der Waals surface area contributed by atoms with Crippen LogP contribution in [0.15, 0.2) is 70.4 Å². The number of rotatable bonds is 5. The van der Waals surface area contributed by atoms with Crippen LogP contribution in [0.2, 0.25) is 0 Å². The van der Waals surface area contributed by atoms with E-state index in [0.29, 0.717) is 14.7 Å². The number of thioether (sulfide) groups is 1. The van der Waals surface area contributed by atoms with Crippen molar-refractivity contribution >= 4 is 57.1 Å². The lowest BCUT2D eigenvalue weighted by Crippen LogP contribution is -2.40. The third-order valence-electron chi connectivity index (χ3n) is 4.93. The number of fused-ring (bicyclic) bond motifs is 1. The van der Waals surface area contributed by atoms with Gasteiger partial charge in [-0.05, 0) is 23.3 Å². The molecule has 1 saturated heterocycles. The highest BCUT2D eigenvalue weighted by atomic mass is 32.2. The molecule has 0 atom stereocenters. The normalized spacial score (nSPS) is 15.1. The summed E-state index contributed by atoms with van der Waals surface area (Å²) in [5.74, 6) is -0.538. The molecular weight excluding hydrogens is 430 g/mol. The third kappa shape index (κ3) is 4.60. The highest BCUT2D eigenvalue weighted by Gasteiger charge is 2.34. The number of hydrogen-bond acceptors (Lipinski definition) is 5. The van der Waals surface area contributed by atoms with Crippen LogP contribution in [0.5, 0.6) is 0 Å². The lowest BCUT2D eigenvalue weighted by Gasteiger charge is -2.21. The molecule has 0 bridgehead atoms. The minimum atomic E-state index is -0.276. The Hall–Kier alpha value is -3.23. The number of carbonyl (C=O) groups excluding carboxylic acids is 2. The quantitative estimate of drug-likeness (QED) is 0.478. The molecule has 1 aromatic heterocycles. The Balaban J connectivity index is 1.48. The smallest absolute Gasteiger partial charge is 0.266 e. The van der Waals surface area contributed by atoms with E-state index in [4.69, 9.17) is 12.2 Å². The number of H-pyrrole nitrogens is 1. The molecule has 2 heterocycles. The summed E-state index contributed by atoms with van der Waals surface area (Å²) in [5, 5.41) is 0.873. The van der Waals surface area contributed by atoms with E-state index >= 15 is 0 Å². The number of para-hydroxylation sites is 1. The number of likely N-dealkylation sites (N-methyl/N-ethyl adjacent to an activating group) is 1. The van der Waals surface area contributed by atoms with E-state index in [2.05, 4.69) is 4.98 Å². The molecule has 156 valence electrons. The largest absolute Gasteiger partial charge is 0.340 e. The van der Waals surface area contributed by atoms with Crippen LogP contribution in [0, 0.1) is 0 Å². The number of benzene rings is 2. The first-order valence-electron chi connectivity index (χ1n) is 9.58. The van der Waals surface area contributed by atoms with E-state index in [9.17, 15) is 14.4 Å². The highest BCUT2D eigenvalue weighted by molar-refractivity contribution is 8.26. The fourth-order valence-electron chi connectivity index (χ4n) is 3.34. The first-order chi connectivity index (χ1) is 14.9. The number of nitrogens with zero attached hydrogens (tertiary/aromatic N) is 2. The molecule has 4 rings (SSSR count). The molecule has 3 aromatic rings. The van der Waals surface area contributed by atoms with E-state index in [-0.39, 0.29) is 30.5 Å². The van der Waals surface area contributed by atoms with E-state index in [1.807, 2.05) is 54.6 Å². The van der Waals surface area contributed by atoms with Crippen molar-refractivity contribution in [2.45, 2.75) is 6.54 Å². The molecular formula is C23H19N3O3S2. The summed E-state index contributed by atoms with van der Waals surface area (Å²) in [5.41, 5.74) is 2.13. The average Bonchev–Trinajstić information content (AvgIpc) is 3.01. The van der Waals surface area contributed by atoms with Gasteiger partial charge in [-0.2, -0.15) is 0 Å². The van der Waals surface area contributed by atoms with Crippen molar-refractivity contribution < 1.29 is 9.59 Å². The Morgan fingerprint density at radius 2 is 1.84 bits per heavy atom. The van der Waals surface area contributed by atoms with Crippen LogP contribution < -0.4 is 5.56 Å². The van der Waals surface area contributed by atoms with E-state index < -0.39 is 0 Å². The molecule has 0 spiro atoms. The number of pyridine rings is 1. The first-order valence-corrected chi connectivity index (χ1v) is 10.8. The number of nitrogens with one attached hydrogen (secondary N) is 1. The van der Waals surface area contributed by atoms with Crippen LogP contribution in [0.3, 0.4) is 0 Å². The molecule has 8 heteroatoms. The van der Waals surface area contributed by atoms with Gasteiger partial charge in [0.05, 0.1) is 4.91 Å². The second-order valence-corrected chi connectivity index (χ2v) is 8.81. The van der Waals surface area contributed by atoms with Gasteiger partial charge in [-0.3, -0.25) is 19.3 Å². The Morgan fingerprint density at radius 3 is 2.61 bits per heavy atom. The molecule has 2 aromatic carbocycles. The second-order valence-electron chi connectivity index (χ2n) is 7.13. The predicted molar refractivity (Wildman–Crippen MR) is 127 cm³/mol. The molecule has 1 N–H and O–H groups in total. The number of thiocarbonyl (C=S) groups is 1.